The number of nitrogens with two attached hydrogens (primary N) is 1. The molecule has 156 valence electrons. The van der Waals surface area contributed by atoms with E-state index in [1.165, 1.54) is 0 Å². The number of aromatic nitrogens is 1. The van der Waals surface area contributed by atoms with Crippen molar-refractivity contribution < 1.29 is 4.79 Å². The molecule has 2 fully saturated rings. The zero-order valence-corrected chi connectivity index (χ0v) is 19.4. The lowest BCUT2D eigenvalue weighted by Crippen LogP contribution is -2.51. The van der Waals surface area contributed by atoms with E-state index in [4.69, 9.17) is 5.73 Å². The molecule has 0 atom stereocenters. The molecule has 2 heterocycles. The largest absolute Gasteiger partial charge is 0.370 e. The number of anilines is 2. The van der Waals surface area contributed by atoms with Crippen LogP contribution in [0.2, 0.25) is 0 Å². The van der Waals surface area contributed by atoms with E-state index in [9.17, 15) is 4.79 Å². The Morgan fingerprint density at radius 1 is 1.28 bits per heavy atom. The summed E-state index contributed by atoms with van der Waals surface area (Å²) in [5.74, 6) is 0.882. The molecule has 3 N–H and O–H groups in total. The standard InChI is InChI=1S/C20H26N6OS.HI/c21-19(25-8-10-26(11-9-25)20-22-7-12-28-20)23-14-15-3-1-6-17(13-15)24-18(27)16-4-2-5-16;/h1,3,6-7,12-13,16H,2,4-5,8-11,14H2,(H2,21,23)(H,24,27);1H. The molecule has 29 heavy (non-hydrogen) atoms. The summed E-state index contributed by atoms with van der Waals surface area (Å²) in [4.78, 5) is 25.4. The fraction of sp³-hybridized carbons (Fsp3) is 0.450. The number of hydrogen-bond donors (Lipinski definition) is 2. The highest BCUT2D eigenvalue weighted by atomic mass is 127. The van der Waals surface area contributed by atoms with Crippen LogP contribution in [0.15, 0.2) is 40.8 Å². The summed E-state index contributed by atoms with van der Waals surface area (Å²) in [5.41, 5.74) is 8.09. The SMILES string of the molecule is I.NC(=NCc1cccc(NC(=O)C2CCC2)c1)N1CCN(c2nccs2)CC1. The van der Waals surface area contributed by atoms with Crippen molar-refractivity contribution in [3.8, 4) is 0 Å². The van der Waals surface area contributed by atoms with Gasteiger partial charge < -0.3 is 20.9 Å². The highest BCUT2D eigenvalue weighted by Gasteiger charge is 2.25. The Morgan fingerprint density at radius 2 is 2.07 bits per heavy atom. The van der Waals surface area contributed by atoms with Gasteiger partial charge in [0.05, 0.1) is 6.54 Å². The molecule has 1 saturated carbocycles. The molecule has 1 aliphatic carbocycles. The highest BCUT2D eigenvalue weighted by Crippen LogP contribution is 2.27. The van der Waals surface area contributed by atoms with Crippen LogP contribution in [0.1, 0.15) is 24.8 Å². The topological polar surface area (TPSA) is 86.8 Å². The van der Waals surface area contributed by atoms with Crippen LogP contribution in [0.5, 0.6) is 0 Å². The van der Waals surface area contributed by atoms with Gasteiger partial charge in [-0.2, -0.15) is 0 Å². The third-order valence-electron chi connectivity index (χ3n) is 5.39. The minimum absolute atomic E-state index is 0. The van der Waals surface area contributed by atoms with Crippen molar-refractivity contribution in [3.63, 3.8) is 0 Å². The molecule has 9 heteroatoms. The van der Waals surface area contributed by atoms with Crippen molar-refractivity contribution in [2.45, 2.75) is 25.8 Å². The number of hydrogen-bond acceptors (Lipinski definition) is 5. The molecule has 7 nitrogen and oxygen atoms in total. The molecule has 0 bridgehead atoms. The lowest BCUT2D eigenvalue weighted by molar-refractivity contribution is -0.122. The number of nitrogens with one attached hydrogen (secondary N) is 1. The van der Waals surface area contributed by atoms with Crippen molar-refractivity contribution in [1.82, 2.24) is 9.88 Å². The highest BCUT2D eigenvalue weighted by molar-refractivity contribution is 14.0. The summed E-state index contributed by atoms with van der Waals surface area (Å²) in [6.07, 6.45) is 5.00. The average Bonchev–Trinajstić information content (AvgIpc) is 3.20. The molecular formula is C20H27IN6OS. The fourth-order valence-corrected chi connectivity index (χ4v) is 4.13. The molecule has 1 saturated heterocycles. The van der Waals surface area contributed by atoms with Crippen molar-refractivity contribution in [3.05, 3.63) is 41.4 Å². The molecule has 0 spiro atoms. The maximum atomic E-state index is 12.1. The van der Waals surface area contributed by atoms with E-state index in [-0.39, 0.29) is 35.8 Å². The first-order valence-electron chi connectivity index (χ1n) is 9.78. The lowest BCUT2D eigenvalue weighted by atomic mass is 9.85. The van der Waals surface area contributed by atoms with E-state index < -0.39 is 0 Å². The van der Waals surface area contributed by atoms with Crippen LogP contribution in [0.3, 0.4) is 0 Å². The smallest absolute Gasteiger partial charge is 0.227 e. The van der Waals surface area contributed by atoms with Gasteiger partial charge in [-0.05, 0) is 30.5 Å². The van der Waals surface area contributed by atoms with Crippen LogP contribution in [-0.4, -0.2) is 47.9 Å². The zero-order chi connectivity index (χ0) is 19.3. The second-order valence-corrected chi connectivity index (χ2v) is 8.15. The molecule has 0 unspecified atom stereocenters. The summed E-state index contributed by atoms with van der Waals surface area (Å²) in [5, 5.41) is 6.08. The van der Waals surface area contributed by atoms with Gasteiger partial charge >= 0.3 is 0 Å². The van der Waals surface area contributed by atoms with Crippen LogP contribution >= 0.6 is 35.3 Å². The van der Waals surface area contributed by atoms with Crippen molar-refractivity contribution >= 4 is 58.0 Å². The first-order valence-corrected chi connectivity index (χ1v) is 10.7. The fourth-order valence-electron chi connectivity index (χ4n) is 3.43. The van der Waals surface area contributed by atoms with Gasteiger partial charge in [0.1, 0.15) is 0 Å². The number of carbonyl (C=O) groups is 1. The predicted molar refractivity (Wildman–Crippen MR) is 129 cm³/mol. The third kappa shape index (κ3) is 5.59. The number of benzene rings is 1. The summed E-state index contributed by atoms with van der Waals surface area (Å²) >= 11 is 1.66. The molecule has 1 amide bonds. The molecule has 1 aliphatic heterocycles. The zero-order valence-electron chi connectivity index (χ0n) is 16.3. The van der Waals surface area contributed by atoms with Gasteiger partial charge in [-0.3, -0.25) is 4.79 Å². The van der Waals surface area contributed by atoms with Gasteiger partial charge in [0.2, 0.25) is 5.91 Å². The Balaban J connectivity index is 0.00000240. The maximum Gasteiger partial charge on any atom is 0.227 e. The first kappa shape index (κ1) is 21.8. The van der Waals surface area contributed by atoms with E-state index >= 15 is 0 Å². The predicted octanol–water partition coefficient (Wildman–Crippen LogP) is 3.14. The summed E-state index contributed by atoms with van der Waals surface area (Å²) in [7, 11) is 0. The molecule has 2 aromatic rings. The van der Waals surface area contributed by atoms with Crippen molar-refractivity contribution in [2.24, 2.45) is 16.6 Å². The summed E-state index contributed by atoms with van der Waals surface area (Å²) < 4.78 is 0. The van der Waals surface area contributed by atoms with E-state index in [1.807, 2.05) is 35.8 Å². The molecule has 2 aliphatic rings. The molecule has 0 radical (unpaired) electrons. The van der Waals surface area contributed by atoms with Gasteiger partial charge in [0.15, 0.2) is 11.1 Å². The molecule has 4 rings (SSSR count). The summed E-state index contributed by atoms with van der Waals surface area (Å²) in [6, 6.07) is 7.86. The number of amides is 1. The van der Waals surface area contributed by atoms with Crippen LogP contribution in [0.4, 0.5) is 10.8 Å². The Labute approximate surface area is 192 Å². The second-order valence-electron chi connectivity index (χ2n) is 7.28. The average molecular weight is 526 g/mol. The van der Waals surface area contributed by atoms with Crippen LogP contribution in [-0.2, 0) is 11.3 Å². The number of rotatable bonds is 5. The number of carbonyl (C=O) groups excluding carboxylic acids is 1. The van der Waals surface area contributed by atoms with Gasteiger partial charge in [0, 0.05) is 49.4 Å². The number of thiazole rings is 1. The van der Waals surface area contributed by atoms with Crippen LogP contribution in [0.25, 0.3) is 0 Å². The third-order valence-corrected chi connectivity index (χ3v) is 6.22. The second kappa shape index (κ2) is 10.2. The number of halogens is 1. The number of nitrogens with zero attached hydrogens (tertiary/aromatic N) is 4. The Kier molecular flexibility index (Phi) is 7.70. The van der Waals surface area contributed by atoms with Crippen molar-refractivity contribution in [1.29, 1.82) is 0 Å². The first-order chi connectivity index (χ1) is 13.7. The van der Waals surface area contributed by atoms with Crippen LogP contribution < -0.4 is 16.0 Å². The Bertz CT molecular complexity index is 831. The molecule has 1 aromatic heterocycles. The monoisotopic (exact) mass is 526 g/mol. The van der Waals surface area contributed by atoms with Crippen molar-refractivity contribution in [2.75, 3.05) is 36.4 Å². The summed E-state index contributed by atoms with van der Waals surface area (Å²) in [6.45, 7) is 3.98. The maximum absolute atomic E-state index is 12.1. The van der Waals surface area contributed by atoms with Gasteiger partial charge in [-0.1, -0.05) is 18.6 Å². The number of guanidine groups is 1. The van der Waals surface area contributed by atoms with Gasteiger partial charge in [-0.15, -0.1) is 35.3 Å². The van der Waals surface area contributed by atoms with Gasteiger partial charge in [0.25, 0.3) is 0 Å². The number of aliphatic imine (C=N–C) groups is 1. The Hall–Kier alpha value is -1.88. The normalized spacial score (nSPS) is 17.4. The quantitative estimate of drug-likeness (QED) is 0.355. The lowest BCUT2D eigenvalue weighted by Gasteiger charge is -2.35. The number of piperazine rings is 1. The Morgan fingerprint density at radius 3 is 2.72 bits per heavy atom. The van der Waals surface area contributed by atoms with E-state index in [2.05, 4.69) is 25.1 Å². The molecular weight excluding hydrogens is 499 g/mol. The molecule has 1 aromatic carbocycles. The van der Waals surface area contributed by atoms with E-state index in [1.54, 1.807) is 11.3 Å². The minimum atomic E-state index is 0. The van der Waals surface area contributed by atoms with E-state index in [0.29, 0.717) is 12.5 Å². The van der Waals surface area contributed by atoms with Crippen LogP contribution in [0, 0.1) is 5.92 Å². The van der Waals surface area contributed by atoms with E-state index in [0.717, 1.165) is 61.8 Å². The minimum Gasteiger partial charge on any atom is -0.370 e. The van der Waals surface area contributed by atoms with Gasteiger partial charge in [-0.25, -0.2) is 9.98 Å².